The second kappa shape index (κ2) is 6.76. The maximum absolute atomic E-state index is 13.0. The molecule has 1 heterocycles. The predicted octanol–water partition coefficient (Wildman–Crippen LogP) is 3.10. The van der Waals surface area contributed by atoms with Crippen LogP contribution in [0.1, 0.15) is 33.2 Å². The van der Waals surface area contributed by atoms with Gasteiger partial charge in [-0.1, -0.05) is 18.2 Å². The monoisotopic (exact) mass is 351 g/mol. The van der Waals surface area contributed by atoms with Crippen molar-refractivity contribution >= 4 is 5.91 Å². The van der Waals surface area contributed by atoms with Crippen molar-refractivity contribution in [3.8, 4) is 5.75 Å². The zero-order chi connectivity index (χ0) is 18.0. The van der Waals surface area contributed by atoms with Gasteiger partial charge >= 0.3 is 6.18 Å². The van der Waals surface area contributed by atoms with Gasteiger partial charge in [-0.2, -0.15) is 13.2 Å². The molecular weight excluding hydrogens is 335 g/mol. The molecule has 0 spiro atoms. The molecule has 2 aromatic carbocycles. The van der Waals surface area contributed by atoms with Crippen molar-refractivity contribution in [3.63, 3.8) is 0 Å². The zero-order valence-electron chi connectivity index (χ0n) is 13.1. The highest BCUT2D eigenvalue weighted by Gasteiger charge is 2.34. The number of alkyl halides is 3. The normalized spacial score (nSPS) is 14.6. The maximum atomic E-state index is 13.0. The van der Waals surface area contributed by atoms with Gasteiger partial charge in [0.25, 0.3) is 5.91 Å². The topological polar surface area (TPSA) is 58.6 Å². The summed E-state index contributed by atoms with van der Waals surface area (Å²) in [6.07, 6.45) is -5.32. The minimum atomic E-state index is -4.57. The van der Waals surface area contributed by atoms with Crippen LogP contribution in [0.25, 0.3) is 0 Å². The summed E-state index contributed by atoms with van der Waals surface area (Å²) < 4.78 is 44.3. The molecule has 0 saturated heterocycles. The Hall–Kier alpha value is -2.54. The van der Waals surface area contributed by atoms with E-state index in [0.29, 0.717) is 18.6 Å². The molecule has 0 saturated carbocycles. The Morgan fingerprint density at radius 2 is 2.00 bits per heavy atom. The molecule has 7 heteroatoms. The molecule has 1 aliphatic rings. The van der Waals surface area contributed by atoms with Crippen molar-refractivity contribution in [3.05, 3.63) is 64.7 Å². The van der Waals surface area contributed by atoms with Crippen molar-refractivity contribution < 1.29 is 27.8 Å². The Labute approximate surface area is 142 Å². The number of carbonyl (C=O) groups excluding carboxylic acids is 1. The molecule has 2 aromatic rings. The lowest BCUT2D eigenvalue weighted by atomic mass is 10.0. The first-order valence-corrected chi connectivity index (χ1v) is 7.74. The first kappa shape index (κ1) is 17.3. The molecular formula is C18H16F3NO3. The Morgan fingerprint density at radius 1 is 1.24 bits per heavy atom. The molecule has 4 nitrogen and oxygen atoms in total. The Bertz CT molecular complexity index is 789. The second-order valence-corrected chi connectivity index (χ2v) is 5.73. The molecule has 0 aromatic heterocycles. The standard InChI is InChI=1S/C18H16F3NO3/c19-18(20,21)14-4-2-1-3-13(14)15(23)10-22-17(24)12-5-6-16-11(9-12)7-8-25-16/h1-6,9,15,23H,7-8,10H2,(H,22,24). The Morgan fingerprint density at radius 3 is 2.76 bits per heavy atom. The number of aliphatic hydroxyl groups is 1. The largest absolute Gasteiger partial charge is 0.493 e. The molecule has 0 fully saturated rings. The summed E-state index contributed by atoms with van der Waals surface area (Å²) in [4.78, 5) is 12.2. The van der Waals surface area contributed by atoms with Crippen LogP contribution in [-0.4, -0.2) is 24.2 Å². The van der Waals surface area contributed by atoms with E-state index in [4.69, 9.17) is 4.74 Å². The van der Waals surface area contributed by atoms with Crippen molar-refractivity contribution in [1.82, 2.24) is 5.32 Å². The number of ether oxygens (including phenoxy) is 1. The fourth-order valence-electron chi connectivity index (χ4n) is 2.77. The number of benzene rings is 2. The Balaban J connectivity index is 1.68. The number of hydrogen-bond acceptors (Lipinski definition) is 3. The number of hydrogen-bond donors (Lipinski definition) is 2. The van der Waals surface area contributed by atoms with Crippen LogP contribution < -0.4 is 10.1 Å². The summed E-state index contributed by atoms with van der Waals surface area (Å²) in [6.45, 7) is 0.243. The lowest BCUT2D eigenvalue weighted by Crippen LogP contribution is -2.29. The minimum Gasteiger partial charge on any atom is -0.493 e. The van der Waals surface area contributed by atoms with E-state index in [0.717, 1.165) is 17.4 Å². The molecule has 3 rings (SSSR count). The lowest BCUT2D eigenvalue weighted by molar-refractivity contribution is -0.139. The van der Waals surface area contributed by atoms with Crippen LogP contribution in [-0.2, 0) is 12.6 Å². The molecule has 1 atom stereocenters. The number of halogens is 3. The third kappa shape index (κ3) is 3.76. The fourth-order valence-corrected chi connectivity index (χ4v) is 2.77. The highest BCUT2D eigenvalue weighted by molar-refractivity contribution is 5.94. The number of amides is 1. The van der Waals surface area contributed by atoms with Gasteiger partial charge in [-0.25, -0.2) is 0 Å². The van der Waals surface area contributed by atoms with Crippen molar-refractivity contribution in [1.29, 1.82) is 0 Å². The van der Waals surface area contributed by atoms with Crippen molar-refractivity contribution in [2.45, 2.75) is 18.7 Å². The Kier molecular flexibility index (Phi) is 4.67. The number of fused-ring (bicyclic) bond motifs is 1. The van der Waals surface area contributed by atoms with Crippen LogP contribution in [0.2, 0.25) is 0 Å². The molecule has 1 amide bonds. The molecule has 25 heavy (non-hydrogen) atoms. The SMILES string of the molecule is O=C(NCC(O)c1ccccc1C(F)(F)F)c1ccc2c(c1)CCO2. The summed E-state index contributed by atoms with van der Waals surface area (Å²) in [5, 5.41) is 12.6. The highest BCUT2D eigenvalue weighted by Crippen LogP contribution is 2.34. The molecule has 0 bridgehead atoms. The van der Waals surface area contributed by atoms with E-state index in [1.165, 1.54) is 18.2 Å². The van der Waals surface area contributed by atoms with E-state index in [9.17, 15) is 23.1 Å². The molecule has 1 unspecified atom stereocenters. The van der Waals surface area contributed by atoms with E-state index in [-0.39, 0.29) is 12.1 Å². The fraction of sp³-hybridized carbons (Fsp3) is 0.278. The van der Waals surface area contributed by atoms with Crippen LogP contribution >= 0.6 is 0 Å². The average Bonchev–Trinajstić information content (AvgIpc) is 3.06. The smallest absolute Gasteiger partial charge is 0.416 e. The lowest BCUT2D eigenvalue weighted by Gasteiger charge is -2.18. The quantitative estimate of drug-likeness (QED) is 0.890. The minimum absolute atomic E-state index is 0.266. The van der Waals surface area contributed by atoms with E-state index in [1.54, 1.807) is 18.2 Å². The molecule has 0 aliphatic carbocycles. The van der Waals surface area contributed by atoms with E-state index in [2.05, 4.69) is 5.32 Å². The van der Waals surface area contributed by atoms with Crippen LogP contribution in [0.5, 0.6) is 5.75 Å². The van der Waals surface area contributed by atoms with E-state index >= 15 is 0 Å². The number of nitrogens with one attached hydrogen (secondary N) is 1. The van der Waals surface area contributed by atoms with Crippen molar-refractivity contribution in [2.75, 3.05) is 13.2 Å². The van der Waals surface area contributed by atoms with Gasteiger partial charge in [-0.15, -0.1) is 0 Å². The average molecular weight is 351 g/mol. The summed E-state index contributed by atoms with van der Waals surface area (Å²) in [7, 11) is 0. The number of rotatable bonds is 4. The number of carbonyl (C=O) groups is 1. The first-order chi connectivity index (χ1) is 11.9. The molecule has 0 radical (unpaired) electrons. The van der Waals surface area contributed by atoms with Gasteiger partial charge < -0.3 is 15.2 Å². The van der Waals surface area contributed by atoms with Gasteiger partial charge in [-0.3, -0.25) is 4.79 Å². The molecule has 132 valence electrons. The van der Waals surface area contributed by atoms with Gasteiger partial charge in [0.1, 0.15) is 5.75 Å². The van der Waals surface area contributed by atoms with Gasteiger partial charge in [-0.05, 0) is 35.4 Å². The summed E-state index contributed by atoms with van der Waals surface area (Å²) >= 11 is 0. The van der Waals surface area contributed by atoms with Gasteiger partial charge in [0.15, 0.2) is 0 Å². The third-order valence-corrected chi connectivity index (χ3v) is 4.03. The van der Waals surface area contributed by atoms with E-state index in [1.807, 2.05) is 0 Å². The van der Waals surface area contributed by atoms with Crippen LogP contribution in [0.3, 0.4) is 0 Å². The summed E-state index contributed by atoms with van der Waals surface area (Å²) in [6, 6.07) is 9.73. The number of aliphatic hydroxyl groups excluding tert-OH is 1. The van der Waals surface area contributed by atoms with Crippen LogP contribution in [0, 0.1) is 0 Å². The predicted molar refractivity (Wildman–Crippen MR) is 84.4 cm³/mol. The zero-order valence-corrected chi connectivity index (χ0v) is 13.1. The van der Waals surface area contributed by atoms with Crippen LogP contribution in [0.4, 0.5) is 13.2 Å². The van der Waals surface area contributed by atoms with Gasteiger partial charge in [0.05, 0.1) is 18.3 Å². The molecule has 2 N–H and O–H groups in total. The summed E-state index contributed by atoms with van der Waals surface area (Å²) in [5.41, 5.74) is 0.111. The van der Waals surface area contributed by atoms with Gasteiger partial charge in [0, 0.05) is 18.5 Å². The highest BCUT2D eigenvalue weighted by atomic mass is 19.4. The van der Waals surface area contributed by atoms with Crippen LogP contribution in [0.15, 0.2) is 42.5 Å². The summed E-state index contributed by atoms with van der Waals surface area (Å²) in [5.74, 6) is 0.272. The van der Waals surface area contributed by atoms with Gasteiger partial charge in [0.2, 0.25) is 0 Å². The maximum Gasteiger partial charge on any atom is 0.416 e. The second-order valence-electron chi connectivity index (χ2n) is 5.73. The van der Waals surface area contributed by atoms with Crippen molar-refractivity contribution in [2.24, 2.45) is 0 Å². The third-order valence-electron chi connectivity index (χ3n) is 4.03. The van der Waals surface area contributed by atoms with E-state index < -0.39 is 23.8 Å². The first-order valence-electron chi connectivity index (χ1n) is 7.74. The molecule has 1 aliphatic heterocycles.